The Hall–Kier alpha value is -1.44. The molecule has 19 heavy (non-hydrogen) atoms. The molecular weight excluding hydrogens is 272 g/mol. The maximum Gasteiger partial charge on any atom is 0.338 e. The molecule has 1 rings (SSSR count). The Kier molecular flexibility index (Phi) is 5.94. The van der Waals surface area contributed by atoms with Crippen LogP contribution >= 0.6 is 0 Å². The van der Waals surface area contributed by atoms with Crippen LogP contribution in [-0.4, -0.2) is 40.5 Å². The quantitative estimate of drug-likeness (QED) is 0.543. The van der Waals surface area contributed by atoms with Crippen LogP contribution in [0.25, 0.3) is 0 Å². The number of hydrogen-bond acceptors (Lipinski definition) is 6. The predicted octanol–water partition coefficient (Wildman–Crippen LogP) is 0.721. The first-order chi connectivity index (χ1) is 8.92. The Morgan fingerprint density at radius 2 is 1.89 bits per heavy atom. The van der Waals surface area contributed by atoms with E-state index in [1.54, 1.807) is 0 Å². The highest BCUT2D eigenvalue weighted by Gasteiger charge is 2.24. The Labute approximate surface area is 112 Å². The molecule has 0 aliphatic heterocycles. The van der Waals surface area contributed by atoms with E-state index in [1.807, 2.05) is 30.3 Å². The van der Waals surface area contributed by atoms with Gasteiger partial charge in [0.1, 0.15) is 0 Å². The molecule has 0 saturated heterocycles. The van der Waals surface area contributed by atoms with Gasteiger partial charge in [-0.2, -0.15) is 8.42 Å². The van der Waals surface area contributed by atoms with Crippen molar-refractivity contribution in [1.82, 2.24) is 0 Å². The van der Waals surface area contributed by atoms with Crippen molar-refractivity contribution in [3.05, 3.63) is 35.9 Å². The molecule has 0 aliphatic rings. The predicted molar refractivity (Wildman–Crippen MR) is 67.8 cm³/mol. The Bertz CT molecular complexity index is 496. The van der Waals surface area contributed by atoms with Gasteiger partial charge in [0.15, 0.2) is 6.10 Å². The molecule has 0 saturated carbocycles. The lowest BCUT2D eigenvalue weighted by Crippen LogP contribution is -2.32. The van der Waals surface area contributed by atoms with Crippen LogP contribution in [0.3, 0.4) is 0 Å². The average molecular weight is 288 g/mol. The van der Waals surface area contributed by atoms with Crippen molar-refractivity contribution in [3.8, 4) is 0 Å². The lowest BCUT2D eigenvalue weighted by atomic mass is 10.2. The van der Waals surface area contributed by atoms with Gasteiger partial charge >= 0.3 is 5.97 Å². The normalized spacial score (nSPS) is 12.9. The number of carbonyl (C=O) groups is 1. The van der Waals surface area contributed by atoms with Crippen molar-refractivity contribution < 1.29 is 26.9 Å². The molecule has 0 aliphatic carbocycles. The smallest absolute Gasteiger partial charge is 0.338 e. The summed E-state index contributed by atoms with van der Waals surface area (Å²) >= 11 is 0. The van der Waals surface area contributed by atoms with Gasteiger partial charge in [-0.25, -0.2) is 4.79 Å². The molecule has 1 aromatic rings. The standard InChI is InChI=1S/C12H16O6S/c1-16-12(13)11(18-19(2,14)15)9-17-8-10-6-4-3-5-7-10/h3-7,11H,8-9H2,1-2H3. The fourth-order valence-electron chi connectivity index (χ4n) is 1.34. The summed E-state index contributed by atoms with van der Waals surface area (Å²) in [4.78, 5) is 11.3. The van der Waals surface area contributed by atoms with E-state index in [2.05, 4.69) is 8.92 Å². The summed E-state index contributed by atoms with van der Waals surface area (Å²) in [5.41, 5.74) is 0.908. The van der Waals surface area contributed by atoms with E-state index >= 15 is 0 Å². The summed E-state index contributed by atoms with van der Waals surface area (Å²) in [5.74, 6) is -0.793. The molecule has 0 spiro atoms. The SMILES string of the molecule is COC(=O)C(COCc1ccccc1)OS(C)(=O)=O. The number of carbonyl (C=O) groups excluding carboxylic acids is 1. The molecular formula is C12H16O6S. The monoisotopic (exact) mass is 288 g/mol. The fraction of sp³-hybridized carbons (Fsp3) is 0.417. The van der Waals surface area contributed by atoms with Gasteiger partial charge in [0.25, 0.3) is 10.1 Å². The van der Waals surface area contributed by atoms with Gasteiger partial charge < -0.3 is 9.47 Å². The minimum atomic E-state index is -3.75. The van der Waals surface area contributed by atoms with Gasteiger partial charge in [0.2, 0.25) is 0 Å². The van der Waals surface area contributed by atoms with Crippen LogP contribution in [0.2, 0.25) is 0 Å². The summed E-state index contributed by atoms with van der Waals surface area (Å²) in [7, 11) is -2.60. The van der Waals surface area contributed by atoms with E-state index in [4.69, 9.17) is 4.74 Å². The van der Waals surface area contributed by atoms with E-state index in [1.165, 1.54) is 0 Å². The van der Waals surface area contributed by atoms with Gasteiger partial charge in [0, 0.05) is 0 Å². The maximum atomic E-state index is 11.3. The van der Waals surface area contributed by atoms with Crippen molar-refractivity contribution in [3.63, 3.8) is 0 Å². The third kappa shape index (κ3) is 6.32. The molecule has 7 heteroatoms. The number of hydrogen-bond donors (Lipinski definition) is 0. The molecule has 106 valence electrons. The highest BCUT2D eigenvalue weighted by atomic mass is 32.2. The van der Waals surface area contributed by atoms with E-state index in [0.29, 0.717) is 0 Å². The molecule has 0 aromatic heterocycles. The third-order valence-electron chi connectivity index (χ3n) is 2.14. The molecule has 1 atom stereocenters. The summed E-state index contributed by atoms with van der Waals surface area (Å²) in [5, 5.41) is 0. The second-order valence-electron chi connectivity index (χ2n) is 3.81. The average Bonchev–Trinajstić information content (AvgIpc) is 2.36. The Balaban J connectivity index is 2.52. The third-order valence-corrected chi connectivity index (χ3v) is 2.72. The lowest BCUT2D eigenvalue weighted by molar-refractivity contribution is -0.151. The van der Waals surface area contributed by atoms with Crippen LogP contribution in [-0.2, 0) is 35.2 Å². The van der Waals surface area contributed by atoms with Crippen LogP contribution in [0.5, 0.6) is 0 Å². The van der Waals surface area contributed by atoms with Crippen LogP contribution in [0, 0.1) is 0 Å². The van der Waals surface area contributed by atoms with Crippen molar-refractivity contribution >= 4 is 16.1 Å². The number of rotatable bonds is 7. The van der Waals surface area contributed by atoms with Gasteiger partial charge in [-0.15, -0.1) is 0 Å². The first-order valence-corrected chi connectivity index (χ1v) is 7.32. The minimum Gasteiger partial charge on any atom is -0.467 e. The van der Waals surface area contributed by atoms with Crippen LogP contribution in [0.1, 0.15) is 5.56 Å². The molecule has 0 radical (unpaired) electrons. The largest absolute Gasteiger partial charge is 0.467 e. The summed E-state index contributed by atoms with van der Waals surface area (Å²) in [6, 6.07) is 9.27. The zero-order valence-electron chi connectivity index (χ0n) is 10.7. The van der Waals surface area contributed by atoms with E-state index < -0.39 is 22.2 Å². The van der Waals surface area contributed by atoms with Gasteiger partial charge in [-0.1, -0.05) is 30.3 Å². The number of methoxy groups -OCH3 is 1. The second-order valence-corrected chi connectivity index (χ2v) is 5.41. The van der Waals surface area contributed by atoms with Crippen molar-refractivity contribution in [1.29, 1.82) is 0 Å². The van der Waals surface area contributed by atoms with Crippen molar-refractivity contribution in [2.75, 3.05) is 20.0 Å². The number of ether oxygens (including phenoxy) is 2. The lowest BCUT2D eigenvalue weighted by Gasteiger charge is -2.14. The molecule has 0 amide bonds. The summed E-state index contributed by atoms with van der Waals surface area (Å²) in [6.45, 7) is 0.0517. The first-order valence-electron chi connectivity index (χ1n) is 5.50. The molecule has 0 bridgehead atoms. The highest BCUT2D eigenvalue weighted by Crippen LogP contribution is 2.05. The van der Waals surface area contributed by atoms with E-state index in [-0.39, 0.29) is 13.2 Å². The van der Waals surface area contributed by atoms with E-state index in [0.717, 1.165) is 18.9 Å². The molecule has 6 nitrogen and oxygen atoms in total. The van der Waals surface area contributed by atoms with Gasteiger partial charge in [-0.3, -0.25) is 4.18 Å². The molecule has 0 heterocycles. The maximum absolute atomic E-state index is 11.3. The van der Waals surface area contributed by atoms with Crippen LogP contribution < -0.4 is 0 Å². The molecule has 0 N–H and O–H groups in total. The second kappa shape index (κ2) is 7.22. The summed E-state index contributed by atoms with van der Waals surface area (Å²) in [6.07, 6.45) is -0.427. The van der Waals surface area contributed by atoms with Gasteiger partial charge in [0.05, 0.1) is 26.6 Å². The Morgan fingerprint density at radius 1 is 1.26 bits per heavy atom. The van der Waals surface area contributed by atoms with Gasteiger partial charge in [-0.05, 0) is 5.56 Å². The topological polar surface area (TPSA) is 78.9 Å². The minimum absolute atomic E-state index is 0.200. The molecule has 1 unspecified atom stereocenters. The van der Waals surface area contributed by atoms with Crippen LogP contribution in [0.4, 0.5) is 0 Å². The first kappa shape index (κ1) is 15.6. The zero-order chi connectivity index (χ0) is 14.3. The van der Waals surface area contributed by atoms with Crippen molar-refractivity contribution in [2.45, 2.75) is 12.7 Å². The fourth-order valence-corrected chi connectivity index (χ4v) is 1.89. The van der Waals surface area contributed by atoms with Crippen molar-refractivity contribution in [2.24, 2.45) is 0 Å². The zero-order valence-corrected chi connectivity index (χ0v) is 11.6. The number of benzene rings is 1. The Morgan fingerprint density at radius 3 is 2.42 bits per heavy atom. The van der Waals surface area contributed by atoms with Crippen LogP contribution in [0.15, 0.2) is 30.3 Å². The highest BCUT2D eigenvalue weighted by molar-refractivity contribution is 7.86. The number of esters is 1. The summed E-state index contributed by atoms with van der Waals surface area (Å²) < 4.78 is 36.3. The molecule has 1 aromatic carbocycles. The van der Waals surface area contributed by atoms with E-state index in [9.17, 15) is 13.2 Å². The molecule has 0 fully saturated rings.